The van der Waals surface area contributed by atoms with Gasteiger partial charge in [-0.25, -0.2) is 0 Å². The molecule has 1 atom stereocenters. The van der Waals surface area contributed by atoms with Crippen LogP contribution in [0.5, 0.6) is 0 Å². The van der Waals surface area contributed by atoms with Gasteiger partial charge in [-0.15, -0.1) is 0 Å². The van der Waals surface area contributed by atoms with Crippen molar-refractivity contribution in [3.63, 3.8) is 0 Å². The number of hydrogen-bond donors (Lipinski definition) is 2. The highest BCUT2D eigenvalue weighted by atomic mass is 16.2. The van der Waals surface area contributed by atoms with Gasteiger partial charge in [-0.2, -0.15) is 0 Å². The molecule has 98 valence electrons. The van der Waals surface area contributed by atoms with Crippen LogP contribution in [0.15, 0.2) is 30.3 Å². The van der Waals surface area contributed by atoms with Gasteiger partial charge in [0.05, 0.1) is 0 Å². The first kappa shape index (κ1) is 14.2. The summed E-state index contributed by atoms with van der Waals surface area (Å²) < 4.78 is 0. The van der Waals surface area contributed by atoms with E-state index in [9.17, 15) is 9.59 Å². The number of carbonyl (C=O) groups excluding carboxylic acids is 2. The number of rotatable bonds is 5. The first-order valence-electron chi connectivity index (χ1n) is 5.76. The highest BCUT2D eigenvalue weighted by molar-refractivity contribution is 5.86. The van der Waals surface area contributed by atoms with Crippen LogP contribution in [0.3, 0.4) is 0 Å². The molecule has 0 fully saturated rings. The Labute approximate surface area is 107 Å². The zero-order chi connectivity index (χ0) is 13.5. The maximum absolute atomic E-state index is 11.9. The molecular weight excluding hydrogens is 230 g/mol. The molecule has 0 aliphatic heterocycles. The second kappa shape index (κ2) is 6.76. The molecule has 0 saturated carbocycles. The fraction of sp³-hybridized carbons (Fsp3) is 0.385. The number of carbonyl (C=O) groups is 2. The van der Waals surface area contributed by atoms with E-state index in [-0.39, 0.29) is 11.8 Å². The summed E-state index contributed by atoms with van der Waals surface area (Å²) in [5.41, 5.74) is 1.02. The third-order valence-corrected chi connectivity index (χ3v) is 2.41. The van der Waals surface area contributed by atoms with E-state index < -0.39 is 6.17 Å². The summed E-state index contributed by atoms with van der Waals surface area (Å²) in [6.07, 6.45) is -0.647. The Bertz CT molecular complexity index is 404. The quantitative estimate of drug-likeness (QED) is 0.739. The Kier molecular flexibility index (Phi) is 5.32. The minimum Gasteiger partial charge on any atom is -0.349 e. The van der Waals surface area contributed by atoms with Gasteiger partial charge in [-0.05, 0) is 19.7 Å². The van der Waals surface area contributed by atoms with Gasteiger partial charge in [0.15, 0.2) is 6.17 Å². The van der Waals surface area contributed by atoms with Crippen LogP contribution in [-0.2, 0) is 16.1 Å². The fourth-order valence-electron chi connectivity index (χ4n) is 1.50. The molecule has 0 heterocycles. The van der Waals surface area contributed by atoms with Crippen LogP contribution in [0.4, 0.5) is 0 Å². The van der Waals surface area contributed by atoms with Crippen molar-refractivity contribution in [3.8, 4) is 0 Å². The predicted molar refractivity (Wildman–Crippen MR) is 69.6 cm³/mol. The molecule has 0 aliphatic rings. The van der Waals surface area contributed by atoms with Crippen LogP contribution < -0.4 is 10.6 Å². The third-order valence-electron chi connectivity index (χ3n) is 2.41. The number of amides is 2. The molecule has 0 aliphatic carbocycles. The lowest BCUT2D eigenvalue weighted by atomic mass is 10.2. The smallest absolute Gasteiger partial charge is 0.258 e. The van der Waals surface area contributed by atoms with Crippen molar-refractivity contribution >= 4 is 11.8 Å². The fourth-order valence-corrected chi connectivity index (χ4v) is 1.50. The molecule has 0 radical (unpaired) electrons. The minimum absolute atomic E-state index is 0.223. The Hall–Kier alpha value is -1.88. The van der Waals surface area contributed by atoms with E-state index in [4.69, 9.17) is 0 Å². The minimum atomic E-state index is -0.647. The van der Waals surface area contributed by atoms with E-state index in [0.717, 1.165) is 5.56 Å². The number of benzene rings is 1. The van der Waals surface area contributed by atoms with Crippen LogP contribution in [-0.4, -0.2) is 37.0 Å². The van der Waals surface area contributed by atoms with Crippen molar-refractivity contribution in [1.82, 2.24) is 15.5 Å². The molecule has 1 aromatic rings. The van der Waals surface area contributed by atoms with Gasteiger partial charge in [0.1, 0.15) is 0 Å². The predicted octanol–water partition coefficient (Wildman–Crippen LogP) is 0.327. The third kappa shape index (κ3) is 4.55. The van der Waals surface area contributed by atoms with Crippen molar-refractivity contribution in [2.45, 2.75) is 19.6 Å². The van der Waals surface area contributed by atoms with Gasteiger partial charge in [-0.3, -0.25) is 14.5 Å². The normalized spacial score (nSPS) is 12.0. The second-order valence-electron chi connectivity index (χ2n) is 4.27. The van der Waals surface area contributed by atoms with E-state index in [1.807, 2.05) is 30.3 Å². The highest BCUT2D eigenvalue weighted by Gasteiger charge is 2.20. The summed E-state index contributed by atoms with van der Waals surface area (Å²) in [7, 11) is 3.48. The van der Waals surface area contributed by atoms with Crippen LogP contribution in [0.2, 0.25) is 0 Å². The summed E-state index contributed by atoms with van der Waals surface area (Å²) in [5.74, 6) is -0.456. The standard InChI is InChI=1S/C13H19N3O2/c1-10(17)15-12(16(2)3)13(18)14-9-11-7-5-4-6-8-11/h4-8,12H,9H2,1-3H3,(H,14,18)(H,15,17)/t12-/m1/s1. The van der Waals surface area contributed by atoms with Crippen molar-refractivity contribution < 1.29 is 9.59 Å². The molecule has 5 nitrogen and oxygen atoms in total. The van der Waals surface area contributed by atoms with Crippen LogP contribution in [0.1, 0.15) is 12.5 Å². The summed E-state index contributed by atoms with van der Waals surface area (Å²) in [5, 5.41) is 5.38. The van der Waals surface area contributed by atoms with Gasteiger partial charge >= 0.3 is 0 Å². The van der Waals surface area contributed by atoms with Gasteiger partial charge in [0, 0.05) is 13.5 Å². The molecule has 0 aromatic heterocycles. The van der Waals surface area contributed by atoms with E-state index in [1.54, 1.807) is 19.0 Å². The van der Waals surface area contributed by atoms with Crippen molar-refractivity contribution in [2.75, 3.05) is 14.1 Å². The largest absolute Gasteiger partial charge is 0.349 e. The zero-order valence-corrected chi connectivity index (χ0v) is 10.9. The lowest BCUT2D eigenvalue weighted by Gasteiger charge is -2.23. The monoisotopic (exact) mass is 249 g/mol. The summed E-state index contributed by atoms with van der Waals surface area (Å²) in [4.78, 5) is 24.6. The molecule has 0 spiro atoms. The first-order chi connectivity index (χ1) is 8.50. The molecule has 2 amide bonds. The second-order valence-corrected chi connectivity index (χ2v) is 4.27. The van der Waals surface area contributed by atoms with Crippen molar-refractivity contribution in [3.05, 3.63) is 35.9 Å². The molecular formula is C13H19N3O2. The average molecular weight is 249 g/mol. The Morgan fingerprint density at radius 1 is 1.22 bits per heavy atom. The molecule has 5 heteroatoms. The van der Waals surface area contributed by atoms with E-state index in [1.165, 1.54) is 6.92 Å². The van der Waals surface area contributed by atoms with Crippen molar-refractivity contribution in [1.29, 1.82) is 0 Å². The molecule has 0 saturated heterocycles. The number of hydrogen-bond acceptors (Lipinski definition) is 3. The molecule has 1 aromatic carbocycles. The number of nitrogens with zero attached hydrogens (tertiary/aromatic N) is 1. The maximum atomic E-state index is 11.9. The van der Waals surface area contributed by atoms with Crippen molar-refractivity contribution in [2.24, 2.45) is 0 Å². The van der Waals surface area contributed by atoms with Gasteiger partial charge < -0.3 is 10.6 Å². The molecule has 1 rings (SSSR count). The maximum Gasteiger partial charge on any atom is 0.258 e. The lowest BCUT2D eigenvalue weighted by molar-refractivity contribution is -0.131. The Morgan fingerprint density at radius 3 is 2.33 bits per heavy atom. The summed E-state index contributed by atoms with van der Waals surface area (Å²) in [6, 6.07) is 9.62. The first-order valence-corrected chi connectivity index (χ1v) is 5.76. The molecule has 0 unspecified atom stereocenters. The summed E-state index contributed by atoms with van der Waals surface area (Å²) >= 11 is 0. The van der Waals surface area contributed by atoms with Crippen LogP contribution in [0.25, 0.3) is 0 Å². The van der Waals surface area contributed by atoms with E-state index in [0.29, 0.717) is 6.54 Å². The van der Waals surface area contributed by atoms with E-state index >= 15 is 0 Å². The average Bonchev–Trinajstić information content (AvgIpc) is 2.34. The van der Waals surface area contributed by atoms with Crippen LogP contribution >= 0.6 is 0 Å². The Morgan fingerprint density at radius 2 is 1.83 bits per heavy atom. The van der Waals surface area contributed by atoms with E-state index in [2.05, 4.69) is 10.6 Å². The molecule has 18 heavy (non-hydrogen) atoms. The Balaban J connectivity index is 2.54. The lowest BCUT2D eigenvalue weighted by Crippen LogP contribution is -2.53. The summed E-state index contributed by atoms with van der Waals surface area (Å²) in [6.45, 7) is 1.84. The SMILES string of the molecule is CC(=O)N[C@@H](C(=O)NCc1ccccc1)N(C)C. The van der Waals surface area contributed by atoms with Crippen LogP contribution in [0, 0.1) is 0 Å². The topological polar surface area (TPSA) is 61.4 Å². The highest BCUT2D eigenvalue weighted by Crippen LogP contribution is 1.98. The molecule has 0 bridgehead atoms. The number of nitrogens with one attached hydrogen (secondary N) is 2. The molecule has 2 N–H and O–H groups in total. The van der Waals surface area contributed by atoms with Gasteiger partial charge in [0.25, 0.3) is 5.91 Å². The van der Waals surface area contributed by atoms with Gasteiger partial charge in [-0.1, -0.05) is 30.3 Å². The number of likely N-dealkylation sites (N-methyl/N-ethyl adjacent to an activating group) is 1. The van der Waals surface area contributed by atoms with Gasteiger partial charge in [0.2, 0.25) is 5.91 Å². The zero-order valence-electron chi connectivity index (χ0n) is 10.9.